The van der Waals surface area contributed by atoms with E-state index in [0.717, 1.165) is 13.0 Å². The van der Waals surface area contributed by atoms with E-state index in [1.54, 1.807) is 53.4 Å². The lowest BCUT2D eigenvalue weighted by atomic mass is 10.2. The van der Waals surface area contributed by atoms with E-state index in [1.807, 2.05) is 19.0 Å². The van der Waals surface area contributed by atoms with Gasteiger partial charge in [0.05, 0.1) is 5.69 Å². The van der Waals surface area contributed by atoms with Crippen LogP contribution in [-0.4, -0.2) is 132 Å². The zero-order valence-corrected chi connectivity index (χ0v) is 38.4. The van der Waals surface area contributed by atoms with Crippen molar-refractivity contribution in [3.05, 3.63) is 89.4 Å². The highest BCUT2D eigenvalue weighted by Gasteiger charge is 2.21. The van der Waals surface area contributed by atoms with E-state index in [0.29, 0.717) is 17.8 Å². The molecule has 356 valence electrons. The molecule has 0 fully saturated rings. The van der Waals surface area contributed by atoms with Crippen LogP contribution in [0.4, 0.5) is 23.1 Å². The number of carbonyl (C=O) groups excluding carboxylic acids is 8. The molecule has 0 aliphatic heterocycles. The number of imidazole rings is 2. The Kier molecular flexibility index (Phi) is 17.2. The van der Waals surface area contributed by atoms with Gasteiger partial charge in [-0.2, -0.15) is 0 Å². The van der Waals surface area contributed by atoms with Crippen molar-refractivity contribution in [3.8, 4) is 0 Å². The first kappa shape index (κ1) is 49.9. The van der Waals surface area contributed by atoms with Crippen LogP contribution in [0.15, 0.2) is 55.1 Å². The number of carbonyl (C=O) groups is 8. The zero-order valence-electron chi connectivity index (χ0n) is 38.4. The second-order valence-electron chi connectivity index (χ2n) is 15.7. The molecule has 5 rings (SSSR count). The fourth-order valence-corrected chi connectivity index (χ4v) is 6.54. The van der Waals surface area contributed by atoms with Crippen LogP contribution >= 0.6 is 0 Å². The normalized spacial score (nSPS) is 10.9. The fourth-order valence-electron chi connectivity index (χ4n) is 6.54. The number of pyridine rings is 1. The molecule has 0 bridgehead atoms. The number of aromatic nitrogens is 7. The minimum Gasteiger partial charge on any atom is -0.356 e. The largest absolute Gasteiger partial charge is 0.356 e. The Balaban J connectivity index is 1.03. The third-order valence-corrected chi connectivity index (χ3v) is 10.0. The van der Waals surface area contributed by atoms with E-state index >= 15 is 0 Å². The summed E-state index contributed by atoms with van der Waals surface area (Å²) >= 11 is 0. The van der Waals surface area contributed by atoms with Gasteiger partial charge in [-0.3, -0.25) is 43.3 Å². The van der Waals surface area contributed by atoms with Crippen molar-refractivity contribution in [2.24, 2.45) is 28.2 Å². The third-order valence-electron chi connectivity index (χ3n) is 10.0. The highest BCUT2D eigenvalue weighted by atomic mass is 16.2. The molecule has 0 aromatic carbocycles. The lowest BCUT2D eigenvalue weighted by molar-refractivity contribution is -0.121. The number of amides is 8. The molecule has 5 aromatic rings. The highest BCUT2D eigenvalue weighted by Crippen LogP contribution is 2.17. The molecule has 0 spiro atoms. The predicted octanol–water partition coefficient (Wildman–Crippen LogP) is 0.744. The summed E-state index contributed by atoms with van der Waals surface area (Å²) in [5, 5.41) is 21.5. The maximum atomic E-state index is 13.2. The van der Waals surface area contributed by atoms with Gasteiger partial charge in [-0.25, -0.2) is 9.97 Å². The molecule has 24 nitrogen and oxygen atoms in total. The van der Waals surface area contributed by atoms with Gasteiger partial charge in [-0.05, 0) is 63.8 Å². The first-order chi connectivity index (χ1) is 31.9. The molecule has 0 radical (unpaired) electrons. The maximum Gasteiger partial charge on any atom is 0.292 e. The Morgan fingerprint density at radius 3 is 1.72 bits per heavy atom. The molecular weight excluding hydrogens is 869 g/mol. The van der Waals surface area contributed by atoms with Crippen LogP contribution in [-0.2, 0) is 42.6 Å². The van der Waals surface area contributed by atoms with Crippen molar-refractivity contribution >= 4 is 70.4 Å². The SMILES string of the molecule is Cc1cccnc1C(=O)NCCC(=O)Nc1cn(C)c(C(=O)Nc2ccc(C(=O)NCCC(=O)Nc3cn(C)c(C(=O)Nc4cc(C(=O)NCCC(=O)NCCCN(C)C)n(C)c4)n3)n2C)n1. The zero-order chi connectivity index (χ0) is 48.8. The smallest absolute Gasteiger partial charge is 0.292 e. The van der Waals surface area contributed by atoms with E-state index in [-0.39, 0.29) is 91.0 Å². The Bertz CT molecular complexity index is 2640. The Labute approximate surface area is 385 Å². The quantitative estimate of drug-likeness (QED) is 0.0447. The minimum atomic E-state index is -0.614. The van der Waals surface area contributed by atoms with Gasteiger partial charge >= 0.3 is 0 Å². The standard InChI is InChI=1S/C43H56N16O8/c1-26-10-8-16-45-36(26)41(65)48-20-15-35(62)51-31-25-58(6)38(53-31)43(67)54-32-12-11-28(59(32)7)39(63)46-19-14-34(61)50-30-24-57(5)37(52-30)42(66)49-27-22-29(56(4)23-27)40(64)47-18-13-33(60)44-17-9-21-55(2)3/h8,10-12,16,22-25H,9,13-15,17-21H2,1-7H3,(H,44,60)(H,46,63)(H,47,64)(H,48,65)(H,49,66)(H,50,61)(H,51,62)(H,54,67). The minimum absolute atomic E-state index is 0.0248. The summed E-state index contributed by atoms with van der Waals surface area (Å²) in [6.07, 6.45) is 6.73. The summed E-state index contributed by atoms with van der Waals surface area (Å²) in [5.74, 6) is -3.20. The molecular formula is C43H56N16O8. The van der Waals surface area contributed by atoms with E-state index < -0.39 is 41.4 Å². The van der Waals surface area contributed by atoms with Crippen molar-refractivity contribution in [1.29, 1.82) is 0 Å². The van der Waals surface area contributed by atoms with Gasteiger partial charge in [-0.15, -0.1) is 0 Å². The molecule has 5 aromatic heterocycles. The second-order valence-corrected chi connectivity index (χ2v) is 15.7. The van der Waals surface area contributed by atoms with Crippen LogP contribution in [0.25, 0.3) is 0 Å². The monoisotopic (exact) mass is 924 g/mol. The van der Waals surface area contributed by atoms with E-state index in [2.05, 4.69) is 57.5 Å². The van der Waals surface area contributed by atoms with Crippen molar-refractivity contribution in [1.82, 2.24) is 59.4 Å². The van der Waals surface area contributed by atoms with Gasteiger partial charge in [0.15, 0.2) is 11.6 Å². The number of hydrogen-bond acceptors (Lipinski definition) is 12. The number of rotatable bonds is 22. The van der Waals surface area contributed by atoms with Crippen molar-refractivity contribution in [3.63, 3.8) is 0 Å². The van der Waals surface area contributed by atoms with Gasteiger partial charge < -0.3 is 65.7 Å². The van der Waals surface area contributed by atoms with Crippen LogP contribution in [0.3, 0.4) is 0 Å². The molecule has 0 saturated carbocycles. The van der Waals surface area contributed by atoms with E-state index in [4.69, 9.17) is 0 Å². The number of anilines is 4. The lowest BCUT2D eigenvalue weighted by Crippen LogP contribution is -2.32. The molecule has 5 heterocycles. The van der Waals surface area contributed by atoms with Crippen molar-refractivity contribution < 1.29 is 38.4 Å². The van der Waals surface area contributed by atoms with E-state index in [1.165, 1.54) is 55.1 Å². The third kappa shape index (κ3) is 14.2. The average molecular weight is 925 g/mol. The molecule has 0 unspecified atom stereocenters. The Morgan fingerprint density at radius 1 is 0.582 bits per heavy atom. The summed E-state index contributed by atoms with van der Waals surface area (Å²) in [6, 6.07) is 7.98. The van der Waals surface area contributed by atoms with Gasteiger partial charge in [-0.1, -0.05) is 6.07 Å². The molecule has 0 aliphatic rings. The van der Waals surface area contributed by atoms with Crippen LogP contribution in [0.1, 0.15) is 84.0 Å². The molecule has 8 N–H and O–H groups in total. The number of nitrogens with one attached hydrogen (secondary N) is 8. The van der Waals surface area contributed by atoms with E-state index in [9.17, 15) is 38.4 Å². The summed E-state index contributed by atoms with van der Waals surface area (Å²) < 4.78 is 5.83. The summed E-state index contributed by atoms with van der Waals surface area (Å²) in [7, 11) is 10.3. The van der Waals surface area contributed by atoms with Crippen LogP contribution in [0.5, 0.6) is 0 Å². The average Bonchev–Trinajstić information content (AvgIpc) is 4.03. The highest BCUT2D eigenvalue weighted by molar-refractivity contribution is 6.04. The predicted molar refractivity (Wildman–Crippen MR) is 246 cm³/mol. The van der Waals surface area contributed by atoms with Crippen LogP contribution in [0.2, 0.25) is 0 Å². The first-order valence-electron chi connectivity index (χ1n) is 21.2. The number of aryl methyl sites for hydroxylation is 4. The van der Waals surface area contributed by atoms with Crippen molar-refractivity contribution in [2.45, 2.75) is 32.6 Å². The van der Waals surface area contributed by atoms with Gasteiger partial charge in [0.1, 0.15) is 22.9 Å². The van der Waals surface area contributed by atoms with Gasteiger partial charge in [0.2, 0.25) is 29.4 Å². The lowest BCUT2D eigenvalue weighted by Gasteiger charge is -2.10. The first-order valence-corrected chi connectivity index (χ1v) is 21.2. The fraction of sp³-hybridized carbons (Fsp3) is 0.372. The molecule has 0 saturated heterocycles. The van der Waals surface area contributed by atoms with Crippen molar-refractivity contribution in [2.75, 3.05) is 68.1 Å². The van der Waals surface area contributed by atoms with Gasteiger partial charge in [0, 0.05) is 98.4 Å². The second kappa shape index (κ2) is 23.2. The molecule has 24 heteroatoms. The molecule has 0 atom stereocenters. The maximum absolute atomic E-state index is 13.2. The number of nitrogens with zero attached hydrogens (tertiary/aromatic N) is 8. The Morgan fingerprint density at radius 2 is 1.13 bits per heavy atom. The molecule has 67 heavy (non-hydrogen) atoms. The topological polar surface area (TPSA) is 294 Å². The summed E-state index contributed by atoms with van der Waals surface area (Å²) in [5.41, 5.74) is 1.75. The molecule has 8 amide bonds. The summed E-state index contributed by atoms with van der Waals surface area (Å²) in [4.78, 5) is 116. The Hall–Kier alpha value is -8.15. The summed E-state index contributed by atoms with van der Waals surface area (Å²) in [6.45, 7) is 3.29. The van der Waals surface area contributed by atoms with Crippen LogP contribution in [0, 0.1) is 6.92 Å². The number of hydrogen-bond donors (Lipinski definition) is 8. The van der Waals surface area contributed by atoms with Gasteiger partial charge in [0.25, 0.3) is 29.5 Å². The van der Waals surface area contributed by atoms with Crippen LogP contribution < -0.4 is 42.5 Å². The molecule has 0 aliphatic carbocycles.